The van der Waals surface area contributed by atoms with Crippen molar-refractivity contribution in [2.75, 3.05) is 13.1 Å². The van der Waals surface area contributed by atoms with Gasteiger partial charge in [0.2, 0.25) is 5.91 Å². The maximum atomic E-state index is 12.6. The molecule has 1 saturated heterocycles. The Morgan fingerprint density at radius 1 is 1.27 bits per heavy atom. The van der Waals surface area contributed by atoms with Crippen LogP contribution in [-0.4, -0.2) is 37.6 Å². The summed E-state index contributed by atoms with van der Waals surface area (Å²) in [7, 11) is -3.42. The van der Waals surface area contributed by atoms with Gasteiger partial charge in [-0.25, -0.2) is 8.42 Å². The number of carbonyl (C=O) groups excluding carboxylic acids is 1. The van der Waals surface area contributed by atoms with Crippen LogP contribution in [0.5, 0.6) is 0 Å². The van der Waals surface area contributed by atoms with Gasteiger partial charge < -0.3 is 4.90 Å². The summed E-state index contributed by atoms with van der Waals surface area (Å²) >= 11 is 5.80. The fraction of sp³-hybridized carbons (Fsp3) is 0.562. The molecule has 2 rings (SSSR count). The normalized spacial score (nSPS) is 19.5. The average Bonchev–Trinajstić information content (AvgIpc) is 2.87. The molecule has 6 heteroatoms. The molecule has 22 heavy (non-hydrogen) atoms. The Hall–Kier alpha value is -1.07. The first-order valence-corrected chi connectivity index (χ1v) is 9.29. The van der Waals surface area contributed by atoms with Crippen LogP contribution >= 0.6 is 11.6 Å². The molecule has 1 amide bonds. The molecule has 1 heterocycles. The van der Waals surface area contributed by atoms with E-state index >= 15 is 0 Å². The highest BCUT2D eigenvalue weighted by Crippen LogP contribution is 2.27. The van der Waals surface area contributed by atoms with E-state index in [0.717, 1.165) is 0 Å². The van der Waals surface area contributed by atoms with Crippen molar-refractivity contribution in [2.45, 2.75) is 43.8 Å². The van der Waals surface area contributed by atoms with Crippen LogP contribution in [0, 0.1) is 5.41 Å². The number of sulfone groups is 1. The summed E-state index contributed by atoms with van der Waals surface area (Å²) in [5.41, 5.74) is -0.0930. The van der Waals surface area contributed by atoms with E-state index in [1.165, 1.54) is 12.1 Å². The molecule has 0 bridgehead atoms. The molecule has 1 aromatic rings. The van der Waals surface area contributed by atoms with Crippen molar-refractivity contribution in [1.82, 2.24) is 4.90 Å². The van der Waals surface area contributed by atoms with Gasteiger partial charge >= 0.3 is 0 Å². The first kappa shape index (κ1) is 17.3. The van der Waals surface area contributed by atoms with Crippen molar-refractivity contribution in [3.8, 4) is 0 Å². The van der Waals surface area contributed by atoms with Gasteiger partial charge in [0.25, 0.3) is 0 Å². The Morgan fingerprint density at radius 3 is 2.41 bits per heavy atom. The van der Waals surface area contributed by atoms with Crippen molar-refractivity contribution in [1.29, 1.82) is 0 Å². The predicted molar refractivity (Wildman–Crippen MR) is 87.7 cm³/mol. The van der Waals surface area contributed by atoms with Crippen molar-refractivity contribution < 1.29 is 13.2 Å². The summed E-state index contributed by atoms with van der Waals surface area (Å²) in [6.45, 7) is 6.79. The summed E-state index contributed by atoms with van der Waals surface area (Å²) in [5.74, 6) is 0.0290. The van der Waals surface area contributed by atoms with E-state index in [2.05, 4.69) is 0 Å². The largest absolute Gasteiger partial charge is 0.341 e. The van der Waals surface area contributed by atoms with Gasteiger partial charge in [0, 0.05) is 24.5 Å². The lowest BCUT2D eigenvalue weighted by molar-refractivity contribution is -0.131. The number of rotatable bonds is 3. The Balaban J connectivity index is 2.09. The number of hydrogen-bond donors (Lipinski definition) is 0. The molecule has 1 atom stereocenters. The van der Waals surface area contributed by atoms with Crippen molar-refractivity contribution in [2.24, 2.45) is 5.41 Å². The number of benzene rings is 1. The molecular formula is C16H22ClNO3S. The first-order valence-electron chi connectivity index (χ1n) is 7.37. The summed E-state index contributed by atoms with van der Waals surface area (Å²) in [5, 5.41) is -0.0232. The van der Waals surface area contributed by atoms with Gasteiger partial charge in [-0.05, 0) is 36.1 Å². The fourth-order valence-corrected chi connectivity index (χ4v) is 4.41. The molecule has 122 valence electrons. The maximum Gasteiger partial charge on any atom is 0.223 e. The molecule has 1 aliphatic rings. The van der Waals surface area contributed by atoms with Gasteiger partial charge in [0.05, 0.1) is 10.1 Å². The molecular weight excluding hydrogens is 322 g/mol. The average molecular weight is 344 g/mol. The highest BCUT2D eigenvalue weighted by molar-refractivity contribution is 7.92. The third kappa shape index (κ3) is 4.02. The number of likely N-dealkylation sites (tertiary alicyclic amines) is 1. The van der Waals surface area contributed by atoms with Gasteiger partial charge in [-0.1, -0.05) is 32.4 Å². The zero-order valence-corrected chi connectivity index (χ0v) is 14.7. The van der Waals surface area contributed by atoms with Crippen LogP contribution in [0.25, 0.3) is 0 Å². The second-order valence-electron chi connectivity index (χ2n) is 6.99. The molecule has 0 spiro atoms. The summed E-state index contributed by atoms with van der Waals surface area (Å²) in [4.78, 5) is 14.2. The number of nitrogens with zero attached hydrogens (tertiary/aromatic N) is 1. The molecule has 1 aromatic carbocycles. The van der Waals surface area contributed by atoms with E-state index in [-0.39, 0.29) is 22.8 Å². The third-order valence-electron chi connectivity index (χ3n) is 3.76. The Bertz CT molecular complexity index is 647. The fourth-order valence-electron chi connectivity index (χ4n) is 2.59. The van der Waals surface area contributed by atoms with Crippen LogP contribution in [-0.2, 0) is 14.6 Å². The standard InChI is InChI=1S/C16H22ClNO3S/c1-16(2,3)10-15(19)18-9-8-14(11-18)22(20,21)13-6-4-12(17)5-7-13/h4-7,14H,8-11H2,1-3H3. The molecule has 0 N–H and O–H groups in total. The second kappa shape index (κ2) is 6.20. The lowest BCUT2D eigenvalue weighted by Gasteiger charge is -2.23. The first-order chi connectivity index (χ1) is 10.1. The monoisotopic (exact) mass is 343 g/mol. The van der Waals surface area contributed by atoms with Crippen LogP contribution in [0.3, 0.4) is 0 Å². The van der Waals surface area contributed by atoms with Crippen LogP contribution in [0.4, 0.5) is 0 Å². The third-order valence-corrected chi connectivity index (χ3v) is 6.20. The molecule has 0 aromatic heterocycles. The van der Waals surface area contributed by atoms with Crippen LogP contribution in [0.15, 0.2) is 29.2 Å². The lowest BCUT2D eigenvalue weighted by Crippen LogP contribution is -2.34. The lowest BCUT2D eigenvalue weighted by atomic mass is 9.92. The van der Waals surface area contributed by atoms with E-state index in [0.29, 0.717) is 24.4 Å². The van der Waals surface area contributed by atoms with Gasteiger partial charge in [-0.3, -0.25) is 4.79 Å². The zero-order valence-electron chi connectivity index (χ0n) is 13.2. The van der Waals surface area contributed by atoms with Crippen molar-refractivity contribution in [3.05, 3.63) is 29.3 Å². The Labute approximate surface area is 137 Å². The topological polar surface area (TPSA) is 54.5 Å². The molecule has 1 unspecified atom stereocenters. The van der Waals surface area contributed by atoms with E-state index in [9.17, 15) is 13.2 Å². The Morgan fingerprint density at radius 2 is 1.86 bits per heavy atom. The minimum atomic E-state index is -3.42. The maximum absolute atomic E-state index is 12.6. The molecule has 4 nitrogen and oxygen atoms in total. The molecule has 0 saturated carbocycles. The molecule has 0 radical (unpaired) electrons. The van der Waals surface area contributed by atoms with Gasteiger partial charge in [-0.15, -0.1) is 0 Å². The van der Waals surface area contributed by atoms with E-state index in [1.807, 2.05) is 20.8 Å². The van der Waals surface area contributed by atoms with Crippen molar-refractivity contribution >= 4 is 27.3 Å². The molecule has 1 aliphatic heterocycles. The minimum Gasteiger partial charge on any atom is -0.341 e. The zero-order chi connectivity index (χ0) is 16.5. The van der Waals surface area contributed by atoms with Crippen LogP contribution in [0.1, 0.15) is 33.6 Å². The highest BCUT2D eigenvalue weighted by Gasteiger charge is 2.36. The second-order valence-corrected chi connectivity index (χ2v) is 9.65. The quantitative estimate of drug-likeness (QED) is 0.847. The molecule has 1 fully saturated rings. The van der Waals surface area contributed by atoms with Crippen LogP contribution < -0.4 is 0 Å². The van der Waals surface area contributed by atoms with Crippen molar-refractivity contribution in [3.63, 3.8) is 0 Å². The van der Waals surface area contributed by atoms with E-state index in [1.54, 1.807) is 17.0 Å². The van der Waals surface area contributed by atoms with E-state index in [4.69, 9.17) is 11.6 Å². The van der Waals surface area contributed by atoms with E-state index < -0.39 is 15.1 Å². The predicted octanol–water partition coefficient (Wildman–Crippen LogP) is 3.15. The van der Waals surface area contributed by atoms with Gasteiger partial charge in [-0.2, -0.15) is 0 Å². The number of amides is 1. The van der Waals surface area contributed by atoms with Gasteiger partial charge in [0.1, 0.15) is 0 Å². The number of carbonyl (C=O) groups is 1. The molecule has 0 aliphatic carbocycles. The SMILES string of the molecule is CC(C)(C)CC(=O)N1CCC(S(=O)(=O)c2ccc(Cl)cc2)C1. The minimum absolute atomic E-state index is 0.0290. The summed E-state index contributed by atoms with van der Waals surface area (Å²) < 4.78 is 25.2. The Kier molecular flexibility index (Phi) is 4.87. The number of halogens is 1. The highest BCUT2D eigenvalue weighted by atomic mass is 35.5. The smallest absolute Gasteiger partial charge is 0.223 e. The van der Waals surface area contributed by atoms with Crippen LogP contribution in [0.2, 0.25) is 5.02 Å². The summed E-state index contributed by atoms with van der Waals surface area (Å²) in [6.07, 6.45) is 0.918. The number of hydrogen-bond acceptors (Lipinski definition) is 3. The summed E-state index contributed by atoms with van der Waals surface area (Å²) in [6, 6.07) is 6.20. The van der Waals surface area contributed by atoms with Gasteiger partial charge in [0.15, 0.2) is 9.84 Å².